The number of rotatable bonds is 5. The highest BCUT2D eigenvalue weighted by atomic mass is 19.4. The first-order chi connectivity index (χ1) is 8.38. The number of unbranched alkanes of at least 4 members (excludes halogenated alkanes) is 2. The molecule has 0 heterocycles. The number of hydrogen-bond acceptors (Lipinski definition) is 1. The van der Waals surface area contributed by atoms with E-state index in [0.29, 0.717) is 12.8 Å². The van der Waals surface area contributed by atoms with E-state index in [4.69, 9.17) is 5.73 Å². The van der Waals surface area contributed by atoms with E-state index in [9.17, 15) is 17.6 Å². The largest absolute Gasteiger partial charge is 0.416 e. The minimum Gasteiger partial charge on any atom is -0.324 e. The number of nitrogens with two attached hydrogens (primary N) is 1. The molecule has 0 aliphatic rings. The molecule has 0 aliphatic heterocycles. The molecule has 1 aromatic rings. The van der Waals surface area contributed by atoms with Crippen LogP contribution in [0.25, 0.3) is 0 Å². The maximum atomic E-state index is 13.6. The van der Waals surface area contributed by atoms with Gasteiger partial charge in [0.2, 0.25) is 0 Å². The quantitative estimate of drug-likeness (QED) is 0.617. The number of hydrogen-bond donors (Lipinski definition) is 1. The maximum absolute atomic E-state index is 13.6. The van der Waals surface area contributed by atoms with Crippen molar-refractivity contribution in [2.75, 3.05) is 0 Å². The van der Waals surface area contributed by atoms with Crippen LogP contribution in [0.4, 0.5) is 17.6 Å². The first-order valence-electron chi connectivity index (χ1n) is 5.99. The minimum absolute atomic E-state index is 0.359. The molecule has 0 saturated carbocycles. The van der Waals surface area contributed by atoms with E-state index in [1.54, 1.807) is 0 Å². The zero-order valence-electron chi connectivity index (χ0n) is 10.2. The van der Waals surface area contributed by atoms with E-state index >= 15 is 0 Å². The fourth-order valence-corrected chi connectivity index (χ4v) is 1.92. The van der Waals surface area contributed by atoms with Crippen molar-refractivity contribution < 1.29 is 17.6 Å². The van der Waals surface area contributed by atoms with E-state index in [0.717, 1.165) is 31.0 Å². The fraction of sp³-hybridized carbons (Fsp3) is 0.538. The van der Waals surface area contributed by atoms with Crippen molar-refractivity contribution in [2.24, 2.45) is 5.73 Å². The highest BCUT2D eigenvalue weighted by Gasteiger charge is 2.35. The van der Waals surface area contributed by atoms with Crippen LogP contribution < -0.4 is 5.73 Å². The maximum Gasteiger partial charge on any atom is 0.416 e. The van der Waals surface area contributed by atoms with Gasteiger partial charge in [-0.1, -0.05) is 32.3 Å². The Morgan fingerprint density at radius 1 is 1.22 bits per heavy atom. The van der Waals surface area contributed by atoms with Crippen molar-refractivity contribution in [1.82, 2.24) is 0 Å². The SMILES string of the molecule is CCCCC[C@@H](N)c1c(F)cccc1C(F)(F)F. The normalized spacial score (nSPS) is 13.7. The standard InChI is InChI=1S/C13H17F4N/c1-2-3-4-8-11(18)12-9(13(15,16)17)6-5-7-10(12)14/h5-7,11H,2-4,8,18H2,1H3/t11-/m1/s1. The highest BCUT2D eigenvalue weighted by molar-refractivity contribution is 5.33. The van der Waals surface area contributed by atoms with Crippen LogP contribution in [-0.4, -0.2) is 0 Å². The lowest BCUT2D eigenvalue weighted by molar-refractivity contribution is -0.138. The van der Waals surface area contributed by atoms with Gasteiger partial charge in [-0.3, -0.25) is 0 Å². The summed E-state index contributed by atoms with van der Waals surface area (Å²) in [4.78, 5) is 0. The smallest absolute Gasteiger partial charge is 0.324 e. The van der Waals surface area contributed by atoms with E-state index < -0.39 is 29.2 Å². The van der Waals surface area contributed by atoms with Gasteiger partial charge in [0.05, 0.1) is 5.56 Å². The molecule has 1 atom stereocenters. The van der Waals surface area contributed by atoms with Crippen LogP contribution in [0.1, 0.15) is 49.8 Å². The predicted octanol–water partition coefficient (Wildman–Crippen LogP) is 4.42. The molecule has 2 N–H and O–H groups in total. The van der Waals surface area contributed by atoms with Gasteiger partial charge in [0.1, 0.15) is 5.82 Å². The summed E-state index contributed by atoms with van der Waals surface area (Å²) in [6.07, 6.45) is -1.69. The van der Waals surface area contributed by atoms with Crippen molar-refractivity contribution in [2.45, 2.75) is 44.8 Å². The Hall–Kier alpha value is -1.10. The van der Waals surface area contributed by atoms with Crippen LogP contribution in [0.3, 0.4) is 0 Å². The number of halogens is 4. The van der Waals surface area contributed by atoms with E-state index in [1.165, 1.54) is 0 Å². The monoisotopic (exact) mass is 263 g/mol. The van der Waals surface area contributed by atoms with Crippen LogP contribution in [0.15, 0.2) is 18.2 Å². The summed E-state index contributed by atoms with van der Waals surface area (Å²) >= 11 is 0. The van der Waals surface area contributed by atoms with Gasteiger partial charge >= 0.3 is 6.18 Å². The third kappa shape index (κ3) is 3.70. The Labute approximate surface area is 104 Å². The molecular formula is C13H17F4N. The Bertz CT molecular complexity index is 387. The summed E-state index contributed by atoms with van der Waals surface area (Å²) in [5.41, 5.74) is 4.31. The van der Waals surface area contributed by atoms with Gasteiger partial charge in [-0.2, -0.15) is 13.2 Å². The van der Waals surface area contributed by atoms with Crippen LogP contribution >= 0.6 is 0 Å². The molecule has 0 bridgehead atoms. The zero-order valence-corrected chi connectivity index (χ0v) is 10.2. The van der Waals surface area contributed by atoms with Gasteiger partial charge in [0, 0.05) is 11.6 Å². The van der Waals surface area contributed by atoms with Crippen LogP contribution in [0.5, 0.6) is 0 Å². The molecule has 5 heteroatoms. The van der Waals surface area contributed by atoms with Crippen molar-refractivity contribution in [3.63, 3.8) is 0 Å². The fourth-order valence-electron chi connectivity index (χ4n) is 1.92. The predicted molar refractivity (Wildman–Crippen MR) is 62.5 cm³/mol. The molecular weight excluding hydrogens is 246 g/mol. The Morgan fingerprint density at radius 2 is 1.89 bits per heavy atom. The third-order valence-electron chi connectivity index (χ3n) is 2.85. The molecule has 102 valence electrons. The number of benzene rings is 1. The summed E-state index contributed by atoms with van der Waals surface area (Å²) in [5.74, 6) is -0.881. The zero-order chi connectivity index (χ0) is 13.8. The van der Waals surface area contributed by atoms with Crippen LogP contribution in [0.2, 0.25) is 0 Å². The molecule has 0 aromatic heterocycles. The molecule has 1 aromatic carbocycles. The van der Waals surface area contributed by atoms with Crippen LogP contribution in [0, 0.1) is 5.82 Å². The van der Waals surface area contributed by atoms with Gasteiger partial charge in [0.15, 0.2) is 0 Å². The average Bonchev–Trinajstić information content (AvgIpc) is 2.27. The molecule has 0 unspecified atom stereocenters. The molecule has 1 rings (SSSR count). The van der Waals surface area contributed by atoms with E-state index in [1.807, 2.05) is 6.92 Å². The van der Waals surface area contributed by atoms with Crippen molar-refractivity contribution in [3.8, 4) is 0 Å². The average molecular weight is 263 g/mol. The second-order valence-corrected chi connectivity index (χ2v) is 4.30. The number of alkyl halides is 3. The molecule has 0 radical (unpaired) electrons. The molecule has 0 saturated heterocycles. The van der Waals surface area contributed by atoms with Crippen molar-refractivity contribution in [1.29, 1.82) is 0 Å². The lowest BCUT2D eigenvalue weighted by atomic mass is 9.95. The van der Waals surface area contributed by atoms with Gasteiger partial charge in [0.25, 0.3) is 0 Å². The Balaban J connectivity index is 2.99. The molecule has 0 amide bonds. The second kappa shape index (κ2) is 6.18. The Kier molecular flexibility index (Phi) is 5.14. The lowest BCUT2D eigenvalue weighted by Gasteiger charge is -2.19. The minimum atomic E-state index is -4.57. The van der Waals surface area contributed by atoms with Gasteiger partial charge in [-0.05, 0) is 18.6 Å². The first-order valence-corrected chi connectivity index (χ1v) is 5.99. The van der Waals surface area contributed by atoms with Gasteiger partial charge < -0.3 is 5.73 Å². The molecule has 1 nitrogen and oxygen atoms in total. The van der Waals surface area contributed by atoms with E-state index in [-0.39, 0.29) is 0 Å². The summed E-state index contributed by atoms with van der Waals surface area (Å²) in [6, 6.07) is 2.04. The van der Waals surface area contributed by atoms with Crippen molar-refractivity contribution >= 4 is 0 Å². The Morgan fingerprint density at radius 3 is 2.44 bits per heavy atom. The summed E-state index contributed by atoms with van der Waals surface area (Å²) in [6.45, 7) is 1.98. The van der Waals surface area contributed by atoms with Crippen molar-refractivity contribution in [3.05, 3.63) is 35.1 Å². The molecule has 0 spiro atoms. The first kappa shape index (κ1) is 15.0. The third-order valence-corrected chi connectivity index (χ3v) is 2.85. The molecule has 0 aliphatic carbocycles. The lowest BCUT2D eigenvalue weighted by Crippen LogP contribution is -2.19. The van der Waals surface area contributed by atoms with E-state index in [2.05, 4.69) is 0 Å². The second-order valence-electron chi connectivity index (χ2n) is 4.30. The van der Waals surface area contributed by atoms with Gasteiger partial charge in [-0.25, -0.2) is 4.39 Å². The van der Waals surface area contributed by atoms with Crippen LogP contribution in [-0.2, 0) is 6.18 Å². The summed E-state index contributed by atoms with van der Waals surface area (Å²) in [7, 11) is 0. The highest BCUT2D eigenvalue weighted by Crippen LogP contribution is 2.36. The molecule has 0 fully saturated rings. The van der Waals surface area contributed by atoms with Gasteiger partial charge in [-0.15, -0.1) is 0 Å². The summed E-state index contributed by atoms with van der Waals surface area (Å²) in [5, 5.41) is 0. The topological polar surface area (TPSA) is 26.0 Å². The molecule has 18 heavy (non-hydrogen) atoms. The summed E-state index contributed by atoms with van der Waals surface area (Å²) < 4.78 is 51.8.